The van der Waals surface area contributed by atoms with E-state index in [1.165, 1.54) is 6.92 Å². The average Bonchev–Trinajstić information content (AvgIpc) is 2.29. The molecule has 1 aromatic rings. The quantitative estimate of drug-likeness (QED) is 0.892. The van der Waals surface area contributed by atoms with Gasteiger partial charge in [-0.05, 0) is 31.0 Å². The number of carbonyl (C=O) groups excluding carboxylic acids is 1. The molecule has 1 aromatic carbocycles. The van der Waals surface area contributed by atoms with Crippen LogP contribution in [0.2, 0.25) is 5.02 Å². The molecule has 0 saturated heterocycles. The van der Waals surface area contributed by atoms with Gasteiger partial charge in [0, 0.05) is 17.8 Å². The summed E-state index contributed by atoms with van der Waals surface area (Å²) in [4.78, 5) is 11.5. The minimum Gasteiger partial charge on any atom is -0.355 e. The summed E-state index contributed by atoms with van der Waals surface area (Å²) in [5, 5.41) is 2.25. The van der Waals surface area contributed by atoms with E-state index in [1.54, 1.807) is 12.1 Å². The van der Waals surface area contributed by atoms with Crippen LogP contribution >= 0.6 is 11.6 Å². The number of nitrogens with one attached hydrogen (secondary N) is 1. The van der Waals surface area contributed by atoms with Crippen molar-refractivity contribution >= 4 is 27.3 Å². The fourth-order valence-corrected chi connectivity index (χ4v) is 1.92. The monoisotopic (exact) mass is 289 g/mol. The van der Waals surface area contributed by atoms with Gasteiger partial charge in [-0.25, -0.2) is 8.42 Å². The fraction of sp³-hybridized carbons (Fsp3) is 0.417. The zero-order valence-electron chi connectivity index (χ0n) is 10.3. The molecule has 100 valence electrons. The van der Waals surface area contributed by atoms with Gasteiger partial charge in [0.2, 0.25) is 5.91 Å². The molecule has 4 nitrogen and oxygen atoms in total. The van der Waals surface area contributed by atoms with Gasteiger partial charge in [0.15, 0.2) is 9.84 Å². The number of hydrogen-bond donors (Lipinski definition) is 1. The lowest BCUT2D eigenvalue weighted by atomic mass is 10.1. The van der Waals surface area contributed by atoms with Gasteiger partial charge in [0.1, 0.15) is 5.25 Å². The SMILES string of the molecule is CC(C(=O)NCCc1ccc(Cl)cc1)S(C)(=O)=O. The van der Waals surface area contributed by atoms with Crippen LogP contribution in [0.4, 0.5) is 0 Å². The van der Waals surface area contributed by atoms with Gasteiger partial charge < -0.3 is 5.32 Å². The van der Waals surface area contributed by atoms with Gasteiger partial charge in [-0.15, -0.1) is 0 Å². The summed E-state index contributed by atoms with van der Waals surface area (Å²) in [7, 11) is -3.33. The minimum atomic E-state index is -3.33. The van der Waals surface area contributed by atoms with Crippen LogP contribution in [0.1, 0.15) is 12.5 Å². The Hall–Kier alpha value is -1.07. The van der Waals surface area contributed by atoms with Crippen molar-refractivity contribution in [1.82, 2.24) is 5.32 Å². The predicted octanol–water partition coefficient (Wildman–Crippen LogP) is 1.43. The highest BCUT2D eigenvalue weighted by Crippen LogP contribution is 2.09. The van der Waals surface area contributed by atoms with Gasteiger partial charge in [-0.3, -0.25) is 4.79 Å². The lowest BCUT2D eigenvalue weighted by molar-refractivity contribution is -0.120. The van der Waals surface area contributed by atoms with Crippen LogP contribution in [-0.2, 0) is 21.1 Å². The number of sulfone groups is 1. The lowest BCUT2D eigenvalue weighted by Crippen LogP contribution is -2.38. The minimum absolute atomic E-state index is 0.403. The Balaban J connectivity index is 2.43. The van der Waals surface area contributed by atoms with E-state index in [2.05, 4.69) is 5.32 Å². The Morgan fingerprint density at radius 1 is 1.33 bits per heavy atom. The standard InChI is InChI=1S/C12H16ClNO3S/c1-9(18(2,16)17)12(15)14-8-7-10-3-5-11(13)6-4-10/h3-6,9H,7-8H2,1-2H3,(H,14,15). The van der Waals surface area contributed by atoms with Gasteiger partial charge in [0.25, 0.3) is 0 Å². The zero-order valence-corrected chi connectivity index (χ0v) is 11.9. The third-order valence-electron chi connectivity index (χ3n) is 2.64. The Bertz CT molecular complexity index is 511. The molecule has 1 unspecified atom stereocenters. The second-order valence-corrected chi connectivity index (χ2v) is 6.94. The number of halogens is 1. The molecule has 0 radical (unpaired) electrons. The molecule has 0 saturated carbocycles. The Morgan fingerprint density at radius 3 is 2.39 bits per heavy atom. The molecular formula is C12H16ClNO3S. The summed E-state index contributed by atoms with van der Waals surface area (Å²) < 4.78 is 22.3. The molecule has 0 bridgehead atoms. The molecule has 1 atom stereocenters. The van der Waals surface area contributed by atoms with Crippen molar-refractivity contribution in [3.8, 4) is 0 Å². The second-order valence-electron chi connectivity index (χ2n) is 4.14. The van der Waals surface area contributed by atoms with Crippen LogP contribution in [0.25, 0.3) is 0 Å². The van der Waals surface area contributed by atoms with Gasteiger partial charge in [0.05, 0.1) is 0 Å². The molecule has 1 N–H and O–H groups in total. The third kappa shape index (κ3) is 4.66. The maximum atomic E-state index is 11.5. The maximum absolute atomic E-state index is 11.5. The van der Waals surface area contributed by atoms with E-state index >= 15 is 0 Å². The fourth-order valence-electron chi connectivity index (χ4n) is 1.32. The molecular weight excluding hydrogens is 274 g/mol. The van der Waals surface area contributed by atoms with Gasteiger partial charge in [-0.2, -0.15) is 0 Å². The highest BCUT2D eigenvalue weighted by atomic mass is 35.5. The van der Waals surface area contributed by atoms with Crippen molar-refractivity contribution < 1.29 is 13.2 Å². The van der Waals surface area contributed by atoms with Crippen LogP contribution < -0.4 is 5.32 Å². The summed E-state index contributed by atoms with van der Waals surface area (Å²) in [5.74, 6) is -0.466. The third-order valence-corrected chi connectivity index (χ3v) is 4.39. The first kappa shape index (κ1) is 15.0. The number of amides is 1. The smallest absolute Gasteiger partial charge is 0.238 e. The first-order valence-corrected chi connectivity index (χ1v) is 7.85. The van der Waals surface area contributed by atoms with Crippen LogP contribution in [0.15, 0.2) is 24.3 Å². The largest absolute Gasteiger partial charge is 0.355 e. The van der Waals surface area contributed by atoms with Crippen molar-refractivity contribution in [1.29, 1.82) is 0 Å². The van der Waals surface area contributed by atoms with Crippen molar-refractivity contribution in [2.75, 3.05) is 12.8 Å². The molecule has 0 aliphatic heterocycles. The maximum Gasteiger partial charge on any atom is 0.238 e. The number of hydrogen-bond acceptors (Lipinski definition) is 3. The summed E-state index contributed by atoms with van der Waals surface area (Å²) in [6.45, 7) is 1.79. The molecule has 0 aliphatic rings. The average molecular weight is 290 g/mol. The normalized spacial score (nSPS) is 13.1. The first-order valence-electron chi connectivity index (χ1n) is 5.51. The summed E-state index contributed by atoms with van der Waals surface area (Å²) in [6, 6.07) is 7.29. The highest BCUT2D eigenvalue weighted by Gasteiger charge is 2.22. The van der Waals surface area contributed by atoms with E-state index < -0.39 is 21.0 Å². The molecule has 0 heterocycles. The van der Waals surface area contributed by atoms with Gasteiger partial charge >= 0.3 is 0 Å². The molecule has 18 heavy (non-hydrogen) atoms. The Morgan fingerprint density at radius 2 is 1.89 bits per heavy atom. The zero-order chi connectivity index (χ0) is 13.8. The second kappa shape index (κ2) is 6.20. The number of benzene rings is 1. The van der Waals surface area contributed by atoms with E-state index in [1.807, 2.05) is 12.1 Å². The molecule has 0 fully saturated rings. The van der Waals surface area contributed by atoms with Crippen molar-refractivity contribution in [2.45, 2.75) is 18.6 Å². The van der Waals surface area contributed by atoms with E-state index in [0.29, 0.717) is 18.0 Å². The number of rotatable bonds is 5. The van der Waals surface area contributed by atoms with Crippen molar-refractivity contribution in [2.24, 2.45) is 0 Å². The first-order chi connectivity index (χ1) is 8.30. The van der Waals surface area contributed by atoms with E-state index in [0.717, 1.165) is 11.8 Å². The van der Waals surface area contributed by atoms with Crippen molar-refractivity contribution in [3.63, 3.8) is 0 Å². The molecule has 1 amide bonds. The summed E-state index contributed by atoms with van der Waals surface area (Å²) >= 11 is 5.75. The molecule has 0 aliphatic carbocycles. The van der Waals surface area contributed by atoms with E-state index in [4.69, 9.17) is 11.6 Å². The van der Waals surface area contributed by atoms with Crippen LogP contribution in [0.3, 0.4) is 0 Å². The van der Waals surface area contributed by atoms with Gasteiger partial charge in [-0.1, -0.05) is 23.7 Å². The summed E-state index contributed by atoms with van der Waals surface area (Å²) in [5.41, 5.74) is 1.03. The lowest BCUT2D eigenvalue weighted by Gasteiger charge is -2.10. The molecule has 6 heteroatoms. The van der Waals surface area contributed by atoms with Crippen LogP contribution in [0, 0.1) is 0 Å². The Labute approximate surface area is 112 Å². The Kier molecular flexibility index (Phi) is 5.16. The molecule has 0 aromatic heterocycles. The highest BCUT2D eigenvalue weighted by molar-refractivity contribution is 7.92. The number of carbonyl (C=O) groups is 1. The summed E-state index contributed by atoms with van der Waals surface area (Å²) in [6.07, 6.45) is 1.69. The van der Waals surface area contributed by atoms with Crippen molar-refractivity contribution in [3.05, 3.63) is 34.9 Å². The predicted molar refractivity (Wildman–Crippen MR) is 72.5 cm³/mol. The van der Waals surface area contributed by atoms with E-state index in [9.17, 15) is 13.2 Å². The topological polar surface area (TPSA) is 63.2 Å². The molecule has 0 spiro atoms. The van der Waals surface area contributed by atoms with E-state index in [-0.39, 0.29) is 0 Å². The molecule has 1 rings (SSSR count). The van der Waals surface area contributed by atoms with Crippen LogP contribution in [0.5, 0.6) is 0 Å². The van der Waals surface area contributed by atoms with Crippen LogP contribution in [-0.4, -0.2) is 32.4 Å².